The molecule has 0 aliphatic carbocycles. The average Bonchev–Trinajstić information content (AvgIpc) is 3.12. The van der Waals surface area contributed by atoms with E-state index in [1.807, 2.05) is 28.8 Å². The van der Waals surface area contributed by atoms with Gasteiger partial charge in [0.05, 0.1) is 5.69 Å². The molecule has 0 fully saturated rings. The summed E-state index contributed by atoms with van der Waals surface area (Å²) in [6.07, 6.45) is 4.10. The molecule has 23 heavy (non-hydrogen) atoms. The van der Waals surface area contributed by atoms with Gasteiger partial charge in [0.25, 0.3) is 5.91 Å². The Labute approximate surface area is 135 Å². The van der Waals surface area contributed by atoms with Crippen molar-refractivity contribution < 1.29 is 4.79 Å². The number of fused-ring (bicyclic) bond motifs is 1. The standard InChI is InChI=1S/C17H21N5O/c1-12-4-7-16-20-14(11-22(16)10-12)9-18-8-13-5-6-15(19-13)17(23)21(2)3/h4-7,10-11,18-19H,8-9H2,1-3H3. The van der Waals surface area contributed by atoms with Crippen LogP contribution < -0.4 is 5.32 Å². The van der Waals surface area contributed by atoms with Gasteiger partial charge in [-0.2, -0.15) is 0 Å². The molecule has 3 aromatic rings. The molecule has 6 nitrogen and oxygen atoms in total. The lowest BCUT2D eigenvalue weighted by Crippen LogP contribution is -2.22. The third kappa shape index (κ3) is 3.43. The van der Waals surface area contributed by atoms with Crippen LogP contribution >= 0.6 is 0 Å². The number of hydrogen-bond donors (Lipinski definition) is 2. The molecule has 3 rings (SSSR count). The highest BCUT2D eigenvalue weighted by atomic mass is 16.2. The van der Waals surface area contributed by atoms with E-state index in [1.165, 1.54) is 5.56 Å². The number of aromatic amines is 1. The van der Waals surface area contributed by atoms with E-state index in [0.29, 0.717) is 18.8 Å². The largest absolute Gasteiger partial charge is 0.353 e. The van der Waals surface area contributed by atoms with Gasteiger partial charge in [0.15, 0.2) is 0 Å². The molecule has 6 heteroatoms. The van der Waals surface area contributed by atoms with Crippen molar-refractivity contribution in [1.82, 2.24) is 24.6 Å². The first kappa shape index (κ1) is 15.3. The Balaban J connectivity index is 1.59. The maximum absolute atomic E-state index is 11.8. The third-order valence-electron chi connectivity index (χ3n) is 3.65. The minimum absolute atomic E-state index is 0.0213. The van der Waals surface area contributed by atoms with Crippen LogP contribution in [0.2, 0.25) is 0 Å². The number of aryl methyl sites for hydroxylation is 1. The zero-order chi connectivity index (χ0) is 16.4. The predicted molar refractivity (Wildman–Crippen MR) is 89.3 cm³/mol. The molecule has 0 unspecified atom stereocenters. The second-order valence-corrected chi connectivity index (χ2v) is 5.90. The Morgan fingerprint density at radius 2 is 2.04 bits per heavy atom. The molecular formula is C17H21N5O. The molecule has 0 radical (unpaired) electrons. The van der Waals surface area contributed by atoms with Crippen molar-refractivity contribution in [2.24, 2.45) is 0 Å². The summed E-state index contributed by atoms with van der Waals surface area (Å²) < 4.78 is 2.04. The van der Waals surface area contributed by atoms with Crippen LogP contribution in [0.3, 0.4) is 0 Å². The van der Waals surface area contributed by atoms with E-state index in [2.05, 4.69) is 34.5 Å². The topological polar surface area (TPSA) is 65.4 Å². The monoisotopic (exact) mass is 311 g/mol. The van der Waals surface area contributed by atoms with Gasteiger partial charge in [-0.15, -0.1) is 0 Å². The van der Waals surface area contributed by atoms with Gasteiger partial charge in [0, 0.05) is 45.3 Å². The van der Waals surface area contributed by atoms with Gasteiger partial charge in [-0.3, -0.25) is 4.79 Å². The van der Waals surface area contributed by atoms with E-state index in [-0.39, 0.29) is 5.91 Å². The minimum Gasteiger partial charge on any atom is -0.353 e. The van der Waals surface area contributed by atoms with Crippen LogP contribution in [0, 0.1) is 6.92 Å². The van der Waals surface area contributed by atoms with Crippen molar-refractivity contribution in [3.8, 4) is 0 Å². The smallest absolute Gasteiger partial charge is 0.269 e. The molecule has 0 bridgehead atoms. The summed E-state index contributed by atoms with van der Waals surface area (Å²) in [7, 11) is 3.48. The molecule has 1 amide bonds. The molecule has 0 atom stereocenters. The van der Waals surface area contributed by atoms with Crippen LogP contribution in [0.4, 0.5) is 0 Å². The summed E-state index contributed by atoms with van der Waals surface area (Å²) in [5.41, 5.74) is 4.74. The first-order chi connectivity index (χ1) is 11.0. The number of amides is 1. The van der Waals surface area contributed by atoms with Crippen molar-refractivity contribution in [3.63, 3.8) is 0 Å². The highest BCUT2D eigenvalue weighted by Crippen LogP contribution is 2.08. The number of aromatic nitrogens is 3. The third-order valence-corrected chi connectivity index (χ3v) is 3.65. The lowest BCUT2D eigenvalue weighted by Gasteiger charge is -2.07. The minimum atomic E-state index is -0.0213. The Hall–Kier alpha value is -2.60. The summed E-state index contributed by atoms with van der Waals surface area (Å²) in [5, 5.41) is 3.34. The summed E-state index contributed by atoms with van der Waals surface area (Å²) in [4.78, 5) is 21.1. The van der Waals surface area contributed by atoms with Crippen molar-refractivity contribution in [1.29, 1.82) is 0 Å². The zero-order valence-electron chi connectivity index (χ0n) is 13.6. The van der Waals surface area contributed by atoms with Gasteiger partial charge in [0.2, 0.25) is 0 Å². The normalized spacial score (nSPS) is 11.1. The van der Waals surface area contributed by atoms with E-state index < -0.39 is 0 Å². The van der Waals surface area contributed by atoms with E-state index in [0.717, 1.165) is 17.0 Å². The molecule has 0 spiro atoms. The van der Waals surface area contributed by atoms with Gasteiger partial charge < -0.3 is 19.6 Å². The van der Waals surface area contributed by atoms with Crippen LogP contribution in [0.25, 0.3) is 5.65 Å². The number of nitrogens with one attached hydrogen (secondary N) is 2. The van der Waals surface area contributed by atoms with Crippen molar-refractivity contribution in [2.75, 3.05) is 14.1 Å². The van der Waals surface area contributed by atoms with Crippen LogP contribution in [0.1, 0.15) is 27.4 Å². The molecule has 0 aliphatic rings. The van der Waals surface area contributed by atoms with E-state index >= 15 is 0 Å². The summed E-state index contributed by atoms with van der Waals surface area (Å²) >= 11 is 0. The molecule has 0 saturated heterocycles. The fraction of sp³-hybridized carbons (Fsp3) is 0.294. The van der Waals surface area contributed by atoms with Crippen LogP contribution in [0.5, 0.6) is 0 Å². The average molecular weight is 311 g/mol. The fourth-order valence-electron chi connectivity index (χ4n) is 2.47. The van der Waals surface area contributed by atoms with Crippen molar-refractivity contribution in [2.45, 2.75) is 20.0 Å². The Kier molecular flexibility index (Phi) is 4.16. The van der Waals surface area contributed by atoms with Crippen molar-refractivity contribution >= 4 is 11.6 Å². The number of rotatable bonds is 5. The van der Waals surface area contributed by atoms with Crippen LogP contribution in [-0.2, 0) is 13.1 Å². The van der Waals surface area contributed by atoms with Gasteiger partial charge in [-0.1, -0.05) is 6.07 Å². The zero-order valence-corrected chi connectivity index (χ0v) is 13.6. The summed E-state index contributed by atoms with van der Waals surface area (Å²) in [6, 6.07) is 7.81. The van der Waals surface area contributed by atoms with E-state index in [1.54, 1.807) is 19.0 Å². The second kappa shape index (κ2) is 6.26. The quantitative estimate of drug-likeness (QED) is 0.757. The lowest BCUT2D eigenvalue weighted by molar-refractivity contribution is 0.0822. The number of hydrogen-bond acceptors (Lipinski definition) is 3. The van der Waals surface area contributed by atoms with Crippen LogP contribution in [-0.4, -0.2) is 39.3 Å². The summed E-state index contributed by atoms with van der Waals surface area (Å²) in [5.74, 6) is -0.0213. The molecule has 120 valence electrons. The molecule has 2 N–H and O–H groups in total. The maximum Gasteiger partial charge on any atom is 0.269 e. The Morgan fingerprint density at radius 1 is 1.22 bits per heavy atom. The number of carbonyl (C=O) groups excluding carboxylic acids is 1. The molecule has 3 aromatic heterocycles. The number of pyridine rings is 1. The highest BCUT2D eigenvalue weighted by molar-refractivity contribution is 5.92. The Morgan fingerprint density at radius 3 is 2.83 bits per heavy atom. The number of H-pyrrole nitrogens is 1. The van der Waals surface area contributed by atoms with Crippen LogP contribution in [0.15, 0.2) is 36.7 Å². The number of nitrogens with zero attached hydrogens (tertiary/aromatic N) is 3. The fourth-order valence-corrected chi connectivity index (χ4v) is 2.47. The Bertz CT molecular complexity index is 830. The van der Waals surface area contributed by atoms with Gasteiger partial charge in [-0.05, 0) is 30.7 Å². The van der Waals surface area contributed by atoms with Crippen molar-refractivity contribution in [3.05, 3.63) is 59.3 Å². The van der Waals surface area contributed by atoms with E-state index in [9.17, 15) is 4.79 Å². The maximum atomic E-state index is 11.8. The first-order valence-electron chi connectivity index (χ1n) is 7.57. The second-order valence-electron chi connectivity index (χ2n) is 5.90. The molecule has 3 heterocycles. The molecule has 0 aliphatic heterocycles. The van der Waals surface area contributed by atoms with Gasteiger partial charge >= 0.3 is 0 Å². The van der Waals surface area contributed by atoms with E-state index in [4.69, 9.17) is 0 Å². The molecule has 0 aromatic carbocycles. The summed E-state index contributed by atoms with van der Waals surface area (Å²) in [6.45, 7) is 3.40. The highest BCUT2D eigenvalue weighted by Gasteiger charge is 2.10. The molecular weight excluding hydrogens is 290 g/mol. The number of carbonyl (C=O) groups is 1. The van der Waals surface area contributed by atoms with Gasteiger partial charge in [-0.25, -0.2) is 4.98 Å². The molecule has 0 saturated carbocycles. The number of imidazole rings is 1. The first-order valence-corrected chi connectivity index (χ1v) is 7.57. The predicted octanol–water partition coefficient (Wildman–Crippen LogP) is 1.96. The van der Waals surface area contributed by atoms with Gasteiger partial charge in [0.1, 0.15) is 11.3 Å². The lowest BCUT2D eigenvalue weighted by atomic mass is 10.3. The SMILES string of the molecule is Cc1ccc2nc(CNCc3ccc(C(=O)N(C)C)[nH]3)cn2c1.